The molecule has 0 atom stereocenters. The number of carbonyl (C=O) groups excluding carboxylic acids is 1. The summed E-state index contributed by atoms with van der Waals surface area (Å²) in [6.45, 7) is 9.73. The van der Waals surface area contributed by atoms with Crippen LogP contribution in [0.4, 0.5) is 0 Å². The van der Waals surface area contributed by atoms with E-state index >= 15 is 0 Å². The highest BCUT2D eigenvalue weighted by Gasteiger charge is 2.21. The molecule has 0 amide bonds. The summed E-state index contributed by atoms with van der Waals surface area (Å²) in [5.41, 5.74) is 0. The number of nitrogens with zero attached hydrogens (tertiary/aromatic N) is 1. The first-order valence-corrected chi connectivity index (χ1v) is 5.94. The first-order valence-electron chi connectivity index (χ1n) is 5.94. The van der Waals surface area contributed by atoms with E-state index < -0.39 is 0 Å². The largest absolute Gasteiger partial charge is 0.377 e. The highest BCUT2D eigenvalue weighted by atomic mass is 16.5. The summed E-state index contributed by atoms with van der Waals surface area (Å²) in [7, 11) is 0. The minimum absolute atomic E-state index is 0.312. The maximum atomic E-state index is 11.2. The second kappa shape index (κ2) is 6.23. The number of piperidine rings is 1. The quantitative estimate of drug-likeness (QED) is 0.696. The minimum Gasteiger partial charge on any atom is -0.377 e. The number of Topliss-reactive ketones (excluding diaryl/α,β-unsaturated/α-hetero) is 1. The zero-order valence-corrected chi connectivity index (χ0v) is 10.2. The van der Waals surface area contributed by atoms with Crippen LogP contribution in [0.2, 0.25) is 0 Å². The molecule has 0 N–H and O–H groups in total. The third-order valence-corrected chi connectivity index (χ3v) is 3.02. The van der Waals surface area contributed by atoms with Gasteiger partial charge in [0.25, 0.3) is 0 Å². The molecule has 0 aromatic rings. The summed E-state index contributed by atoms with van der Waals surface area (Å²) < 4.78 is 5.51. The van der Waals surface area contributed by atoms with E-state index in [0.29, 0.717) is 17.8 Å². The maximum Gasteiger partial charge on any atom is 0.133 e. The number of ether oxygens (including phenoxy) is 1. The van der Waals surface area contributed by atoms with Crippen molar-refractivity contribution in [3.05, 3.63) is 0 Å². The molecule has 88 valence electrons. The Morgan fingerprint density at radius 3 is 2.47 bits per heavy atom. The van der Waals surface area contributed by atoms with Crippen LogP contribution in [0.5, 0.6) is 0 Å². The molecule has 3 nitrogen and oxygen atoms in total. The van der Waals surface area contributed by atoms with Gasteiger partial charge in [-0.2, -0.15) is 0 Å². The Morgan fingerprint density at radius 2 is 2.00 bits per heavy atom. The van der Waals surface area contributed by atoms with Crippen LogP contribution in [0, 0.1) is 5.92 Å². The Balaban J connectivity index is 2.12. The van der Waals surface area contributed by atoms with E-state index in [1.165, 1.54) is 0 Å². The molecular weight excluding hydrogens is 190 g/mol. The van der Waals surface area contributed by atoms with Crippen LogP contribution in [0.25, 0.3) is 0 Å². The lowest BCUT2D eigenvalue weighted by molar-refractivity contribution is -0.122. The van der Waals surface area contributed by atoms with E-state index in [9.17, 15) is 4.79 Å². The normalized spacial score (nSPS) is 19.7. The molecule has 3 heteroatoms. The first-order chi connectivity index (χ1) is 7.09. The number of carbonyl (C=O) groups is 1. The molecule has 15 heavy (non-hydrogen) atoms. The Labute approximate surface area is 92.8 Å². The lowest BCUT2D eigenvalue weighted by Crippen LogP contribution is -2.37. The fourth-order valence-corrected chi connectivity index (χ4v) is 1.98. The van der Waals surface area contributed by atoms with Crippen LogP contribution in [-0.2, 0) is 9.53 Å². The molecule has 1 aliphatic heterocycles. The zero-order valence-electron chi connectivity index (χ0n) is 10.2. The van der Waals surface area contributed by atoms with Crippen LogP contribution in [0.15, 0.2) is 0 Å². The van der Waals surface area contributed by atoms with E-state index in [4.69, 9.17) is 4.74 Å². The van der Waals surface area contributed by atoms with Crippen LogP contribution in [-0.4, -0.2) is 43.0 Å². The summed E-state index contributed by atoms with van der Waals surface area (Å²) in [6, 6.07) is 0. The summed E-state index contributed by atoms with van der Waals surface area (Å²) in [6.07, 6.45) is 2.37. The predicted octanol–water partition coefficient (Wildman–Crippen LogP) is 1.71. The molecule has 0 spiro atoms. The molecule has 0 bridgehead atoms. The Bertz CT molecular complexity index is 196. The van der Waals surface area contributed by atoms with Crippen molar-refractivity contribution in [3.63, 3.8) is 0 Å². The van der Waals surface area contributed by atoms with E-state index in [-0.39, 0.29) is 0 Å². The van der Waals surface area contributed by atoms with Crippen LogP contribution >= 0.6 is 0 Å². The third kappa shape index (κ3) is 4.76. The van der Waals surface area contributed by atoms with Gasteiger partial charge >= 0.3 is 0 Å². The predicted molar refractivity (Wildman–Crippen MR) is 60.9 cm³/mol. The number of likely N-dealkylation sites (tertiary alicyclic amines) is 1. The van der Waals surface area contributed by atoms with Gasteiger partial charge in [-0.15, -0.1) is 0 Å². The van der Waals surface area contributed by atoms with Gasteiger partial charge in [0.15, 0.2) is 0 Å². The fourth-order valence-electron chi connectivity index (χ4n) is 1.98. The van der Waals surface area contributed by atoms with Crippen LogP contribution in [0.1, 0.15) is 33.6 Å². The molecule has 1 fully saturated rings. The zero-order chi connectivity index (χ0) is 11.3. The average molecular weight is 213 g/mol. The van der Waals surface area contributed by atoms with Gasteiger partial charge in [-0.1, -0.05) is 0 Å². The summed E-state index contributed by atoms with van der Waals surface area (Å²) in [4.78, 5) is 13.6. The standard InChI is InChI=1S/C12H23NO2/c1-10(2)15-9-8-13-6-4-12(5-7-13)11(3)14/h10,12H,4-9H2,1-3H3. The van der Waals surface area contributed by atoms with E-state index in [0.717, 1.165) is 39.1 Å². The van der Waals surface area contributed by atoms with E-state index in [2.05, 4.69) is 18.7 Å². The van der Waals surface area contributed by atoms with Gasteiger partial charge in [-0.05, 0) is 46.7 Å². The molecule has 1 heterocycles. The molecule has 0 saturated carbocycles. The minimum atomic E-state index is 0.312. The van der Waals surface area contributed by atoms with Crippen molar-refractivity contribution in [3.8, 4) is 0 Å². The summed E-state index contributed by atoms with van der Waals surface area (Å²) in [5.74, 6) is 0.667. The highest BCUT2D eigenvalue weighted by Crippen LogP contribution is 2.17. The molecule has 1 aliphatic rings. The second-order valence-electron chi connectivity index (χ2n) is 4.65. The molecule has 1 saturated heterocycles. The van der Waals surface area contributed by atoms with Gasteiger partial charge < -0.3 is 9.64 Å². The number of ketones is 1. The summed E-state index contributed by atoms with van der Waals surface area (Å²) in [5, 5.41) is 0. The number of rotatable bonds is 5. The van der Waals surface area contributed by atoms with Gasteiger partial charge in [-0.3, -0.25) is 4.79 Å². The summed E-state index contributed by atoms with van der Waals surface area (Å²) >= 11 is 0. The van der Waals surface area contributed by atoms with Crippen LogP contribution < -0.4 is 0 Å². The molecule has 0 aromatic carbocycles. The van der Waals surface area contributed by atoms with E-state index in [1.807, 2.05) is 0 Å². The molecule has 0 unspecified atom stereocenters. The van der Waals surface area contributed by atoms with Crippen molar-refractivity contribution in [2.75, 3.05) is 26.2 Å². The van der Waals surface area contributed by atoms with Gasteiger partial charge in [0.05, 0.1) is 12.7 Å². The fraction of sp³-hybridized carbons (Fsp3) is 0.917. The number of hydrogen-bond acceptors (Lipinski definition) is 3. The van der Waals surface area contributed by atoms with Crippen molar-refractivity contribution in [2.45, 2.75) is 39.7 Å². The van der Waals surface area contributed by atoms with Gasteiger partial charge in [-0.25, -0.2) is 0 Å². The molecule has 0 radical (unpaired) electrons. The van der Waals surface area contributed by atoms with Gasteiger partial charge in [0.2, 0.25) is 0 Å². The van der Waals surface area contributed by atoms with Crippen LogP contribution in [0.3, 0.4) is 0 Å². The van der Waals surface area contributed by atoms with Crippen molar-refractivity contribution < 1.29 is 9.53 Å². The molecule has 1 rings (SSSR count). The topological polar surface area (TPSA) is 29.5 Å². The van der Waals surface area contributed by atoms with Crippen molar-refractivity contribution in [1.82, 2.24) is 4.90 Å². The Hall–Kier alpha value is -0.410. The molecule has 0 aromatic heterocycles. The maximum absolute atomic E-state index is 11.2. The van der Waals surface area contributed by atoms with Crippen molar-refractivity contribution >= 4 is 5.78 Å². The molecular formula is C12H23NO2. The SMILES string of the molecule is CC(=O)C1CCN(CCOC(C)C)CC1. The third-order valence-electron chi connectivity index (χ3n) is 3.02. The van der Waals surface area contributed by atoms with E-state index in [1.54, 1.807) is 6.92 Å². The smallest absolute Gasteiger partial charge is 0.133 e. The van der Waals surface area contributed by atoms with Gasteiger partial charge in [0.1, 0.15) is 5.78 Å². The van der Waals surface area contributed by atoms with Crippen molar-refractivity contribution in [1.29, 1.82) is 0 Å². The lowest BCUT2D eigenvalue weighted by atomic mass is 9.93. The Morgan fingerprint density at radius 1 is 1.40 bits per heavy atom. The lowest BCUT2D eigenvalue weighted by Gasteiger charge is -2.30. The monoisotopic (exact) mass is 213 g/mol. The number of hydrogen-bond donors (Lipinski definition) is 0. The van der Waals surface area contributed by atoms with Gasteiger partial charge in [0, 0.05) is 12.5 Å². The first kappa shape index (κ1) is 12.7. The second-order valence-corrected chi connectivity index (χ2v) is 4.65. The highest BCUT2D eigenvalue weighted by molar-refractivity contribution is 5.78. The molecule has 0 aliphatic carbocycles. The average Bonchev–Trinajstić information content (AvgIpc) is 2.18. The van der Waals surface area contributed by atoms with Crippen molar-refractivity contribution in [2.24, 2.45) is 5.92 Å². The Kier molecular flexibility index (Phi) is 5.26.